The Morgan fingerprint density at radius 2 is 1.68 bits per heavy atom. The standard InChI is InChI=1S/C24H28O4/c1-4-6-23(27)28-24-17(2)15-20(16-18(24)3)11-14-21(25)8-5-7-19-9-12-22(26)13-10-19/h9-16,26H,4-8H2,1-3H3/b14-11+. The van der Waals surface area contributed by atoms with Crippen LogP contribution in [0.3, 0.4) is 0 Å². The molecule has 0 saturated heterocycles. The maximum atomic E-state index is 12.1. The van der Waals surface area contributed by atoms with Gasteiger partial charge in [0.25, 0.3) is 0 Å². The van der Waals surface area contributed by atoms with Crippen molar-refractivity contribution < 1.29 is 19.4 Å². The molecule has 0 aliphatic rings. The lowest BCUT2D eigenvalue weighted by Gasteiger charge is -2.11. The van der Waals surface area contributed by atoms with Crippen LogP contribution in [0.2, 0.25) is 0 Å². The van der Waals surface area contributed by atoms with Gasteiger partial charge in [-0.15, -0.1) is 0 Å². The molecular formula is C24H28O4. The summed E-state index contributed by atoms with van der Waals surface area (Å²) in [6.45, 7) is 5.74. The van der Waals surface area contributed by atoms with Gasteiger partial charge in [0.15, 0.2) is 5.78 Å². The number of ether oxygens (including phenoxy) is 1. The predicted octanol–water partition coefficient (Wildman–Crippen LogP) is 5.32. The molecular weight excluding hydrogens is 352 g/mol. The van der Waals surface area contributed by atoms with Crippen LogP contribution in [0.15, 0.2) is 42.5 Å². The monoisotopic (exact) mass is 380 g/mol. The Morgan fingerprint density at radius 3 is 2.29 bits per heavy atom. The van der Waals surface area contributed by atoms with Crippen LogP contribution in [0.4, 0.5) is 0 Å². The highest BCUT2D eigenvalue weighted by Crippen LogP contribution is 2.26. The quantitative estimate of drug-likeness (QED) is 0.363. The second-order valence-corrected chi connectivity index (χ2v) is 7.03. The molecule has 4 heteroatoms. The minimum atomic E-state index is -0.221. The van der Waals surface area contributed by atoms with Crippen molar-refractivity contribution in [1.82, 2.24) is 0 Å². The summed E-state index contributed by atoms with van der Waals surface area (Å²) in [5.74, 6) is 0.712. The molecule has 0 saturated carbocycles. The lowest BCUT2D eigenvalue weighted by Crippen LogP contribution is -2.09. The summed E-state index contributed by atoms with van der Waals surface area (Å²) in [6.07, 6.45) is 6.61. The lowest BCUT2D eigenvalue weighted by molar-refractivity contribution is -0.134. The smallest absolute Gasteiger partial charge is 0.311 e. The van der Waals surface area contributed by atoms with Crippen LogP contribution >= 0.6 is 0 Å². The summed E-state index contributed by atoms with van der Waals surface area (Å²) in [6, 6.07) is 10.9. The third-order valence-electron chi connectivity index (χ3n) is 4.44. The Morgan fingerprint density at radius 1 is 1.04 bits per heavy atom. The van der Waals surface area contributed by atoms with Crippen LogP contribution in [0.1, 0.15) is 54.9 Å². The van der Waals surface area contributed by atoms with Crippen LogP contribution in [-0.4, -0.2) is 16.9 Å². The summed E-state index contributed by atoms with van der Waals surface area (Å²) in [7, 11) is 0. The van der Waals surface area contributed by atoms with E-state index in [2.05, 4.69) is 0 Å². The zero-order chi connectivity index (χ0) is 20.5. The van der Waals surface area contributed by atoms with Crippen LogP contribution < -0.4 is 4.74 Å². The number of phenolic OH excluding ortho intramolecular Hbond substituents is 1. The molecule has 4 nitrogen and oxygen atoms in total. The lowest BCUT2D eigenvalue weighted by atomic mass is 10.0. The van der Waals surface area contributed by atoms with Gasteiger partial charge in [-0.25, -0.2) is 0 Å². The van der Waals surface area contributed by atoms with Crippen LogP contribution in [-0.2, 0) is 16.0 Å². The van der Waals surface area contributed by atoms with E-state index in [1.807, 2.05) is 45.0 Å². The number of allylic oxidation sites excluding steroid dienone is 1. The molecule has 2 aromatic carbocycles. The van der Waals surface area contributed by atoms with Gasteiger partial charge in [0.2, 0.25) is 0 Å². The number of aryl methyl sites for hydroxylation is 3. The molecule has 0 amide bonds. The molecule has 28 heavy (non-hydrogen) atoms. The van der Waals surface area contributed by atoms with E-state index < -0.39 is 0 Å². The molecule has 0 unspecified atom stereocenters. The van der Waals surface area contributed by atoms with Crippen molar-refractivity contribution in [3.05, 3.63) is 64.7 Å². The van der Waals surface area contributed by atoms with Gasteiger partial charge in [0.05, 0.1) is 0 Å². The first kappa shape index (κ1) is 21.4. The molecule has 2 aromatic rings. The van der Waals surface area contributed by atoms with Gasteiger partial charge in [0.1, 0.15) is 11.5 Å². The molecule has 0 atom stereocenters. The zero-order valence-corrected chi connectivity index (χ0v) is 16.8. The SMILES string of the molecule is CCCC(=O)Oc1c(C)cc(/C=C/C(=O)CCCc2ccc(O)cc2)cc1C. The molecule has 0 heterocycles. The summed E-state index contributed by atoms with van der Waals surface area (Å²) in [5.41, 5.74) is 3.78. The highest BCUT2D eigenvalue weighted by molar-refractivity contribution is 5.93. The van der Waals surface area contributed by atoms with E-state index in [-0.39, 0.29) is 17.5 Å². The number of phenols is 1. The number of hydrogen-bond acceptors (Lipinski definition) is 4. The van der Waals surface area contributed by atoms with E-state index in [0.717, 1.165) is 41.5 Å². The highest BCUT2D eigenvalue weighted by Gasteiger charge is 2.10. The molecule has 0 aliphatic carbocycles. The van der Waals surface area contributed by atoms with Crippen LogP contribution in [0.5, 0.6) is 11.5 Å². The molecule has 0 aliphatic heterocycles. The summed E-state index contributed by atoms with van der Waals surface area (Å²) < 4.78 is 5.45. The number of benzene rings is 2. The van der Waals surface area contributed by atoms with Crippen molar-refractivity contribution in [2.75, 3.05) is 0 Å². The molecule has 148 valence electrons. The summed E-state index contributed by atoms with van der Waals surface area (Å²) in [4.78, 5) is 23.9. The van der Waals surface area contributed by atoms with E-state index in [4.69, 9.17) is 4.74 Å². The topological polar surface area (TPSA) is 63.6 Å². The van der Waals surface area contributed by atoms with E-state index >= 15 is 0 Å². The molecule has 1 N–H and O–H groups in total. The Hall–Kier alpha value is -2.88. The van der Waals surface area contributed by atoms with E-state index in [1.54, 1.807) is 24.3 Å². The van der Waals surface area contributed by atoms with Crippen molar-refractivity contribution in [2.24, 2.45) is 0 Å². The number of ketones is 1. The van der Waals surface area contributed by atoms with Gasteiger partial charge < -0.3 is 9.84 Å². The second-order valence-electron chi connectivity index (χ2n) is 7.03. The summed E-state index contributed by atoms with van der Waals surface area (Å²) >= 11 is 0. The van der Waals surface area contributed by atoms with Crippen LogP contribution in [0.25, 0.3) is 6.08 Å². The van der Waals surface area contributed by atoms with Gasteiger partial charge in [-0.2, -0.15) is 0 Å². The number of esters is 1. The Labute approximate surface area is 166 Å². The fourth-order valence-electron chi connectivity index (χ4n) is 3.01. The maximum Gasteiger partial charge on any atom is 0.311 e. The van der Waals surface area contributed by atoms with Crippen molar-refractivity contribution >= 4 is 17.8 Å². The Bertz CT molecular complexity index is 824. The van der Waals surface area contributed by atoms with Crippen molar-refractivity contribution in [3.63, 3.8) is 0 Å². The number of rotatable bonds is 9. The normalized spacial score (nSPS) is 11.0. The fourth-order valence-corrected chi connectivity index (χ4v) is 3.01. The fraction of sp³-hybridized carbons (Fsp3) is 0.333. The Kier molecular flexibility index (Phi) is 8.00. The van der Waals surface area contributed by atoms with Gasteiger partial charge in [-0.05, 0) is 85.7 Å². The van der Waals surface area contributed by atoms with Crippen molar-refractivity contribution in [3.8, 4) is 11.5 Å². The third kappa shape index (κ3) is 6.69. The molecule has 0 spiro atoms. The van der Waals surface area contributed by atoms with Crippen molar-refractivity contribution in [2.45, 2.75) is 52.9 Å². The minimum Gasteiger partial charge on any atom is -0.508 e. The van der Waals surface area contributed by atoms with E-state index in [9.17, 15) is 14.7 Å². The average Bonchev–Trinajstić information content (AvgIpc) is 2.65. The first-order valence-electron chi connectivity index (χ1n) is 9.69. The average molecular weight is 380 g/mol. The van der Waals surface area contributed by atoms with E-state index in [1.165, 1.54) is 0 Å². The minimum absolute atomic E-state index is 0.0764. The first-order chi connectivity index (χ1) is 13.4. The van der Waals surface area contributed by atoms with Crippen molar-refractivity contribution in [1.29, 1.82) is 0 Å². The third-order valence-corrected chi connectivity index (χ3v) is 4.44. The maximum absolute atomic E-state index is 12.1. The van der Waals surface area contributed by atoms with Gasteiger partial charge >= 0.3 is 5.97 Å². The largest absolute Gasteiger partial charge is 0.508 e. The number of carbonyl (C=O) groups is 2. The highest BCUT2D eigenvalue weighted by atomic mass is 16.5. The number of aromatic hydroxyl groups is 1. The van der Waals surface area contributed by atoms with E-state index in [0.29, 0.717) is 18.6 Å². The molecule has 0 bridgehead atoms. The first-order valence-corrected chi connectivity index (χ1v) is 9.69. The van der Waals surface area contributed by atoms with Gasteiger partial charge in [-0.3, -0.25) is 9.59 Å². The van der Waals surface area contributed by atoms with Crippen LogP contribution in [0, 0.1) is 13.8 Å². The second kappa shape index (κ2) is 10.5. The van der Waals surface area contributed by atoms with Gasteiger partial charge in [0, 0.05) is 12.8 Å². The molecule has 0 radical (unpaired) electrons. The Balaban J connectivity index is 1.90. The zero-order valence-electron chi connectivity index (χ0n) is 16.8. The molecule has 0 aromatic heterocycles. The van der Waals surface area contributed by atoms with Gasteiger partial charge in [-0.1, -0.05) is 25.1 Å². The number of hydrogen-bond donors (Lipinski definition) is 1. The summed E-state index contributed by atoms with van der Waals surface area (Å²) in [5, 5.41) is 9.28. The predicted molar refractivity (Wildman–Crippen MR) is 112 cm³/mol. The molecule has 2 rings (SSSR count). The number of carbonyl (C=O) groups excluding carboxylic acids is 2. The molecule has 0 fully saturated rings.